The monoisotopic (exact) mass is 388 g/mol. The number of esters is 1. The largest absolute Gasteiger partial charge is 0.454 e. The lowest BCUT2D eigenvalue weighted by Gasteiger charge is -2.11. The van der Waals surface area contributed by atoms with Gasteiger partial charge in [-0.3, -0.25) is 14.4 Å². The molecule has 7 heteroatoms. The van der Waals surface area contributed by atoms with Crippen molar-refractivity contribution in [2.45, 2.75) is 6.92 Å². The van der Waals surface area contributed by atoms with Crippen molar-refractivity contribution in [3.05, 3.63) is 77.9 Å². The van der Waals surface area contributed by atoms with Gasteiger partial charge in [0.25, 0.3) is 11.8 Å². The number of carbonyl (C=O) groups is 3. The molecule has 3 aromatic rings. The third-order valence-electron chi connectivity index (χ3n) is 4.22. The molecule has 0 atom stereocenters. The number of benzene rings is 3. The fraction of sp³-hybridized carbons (Fsp3) is 0.0455. The van der Waals surface area contributed by atoms with Gasteiger partial charge >= 0.3 is 5.97 Å². The van der Waals surface area contributed by atoms with E-state index in [2.05, 4.69) is 10.6 Å². The maximum absolute atomic E-state index is 12.7. The van der Waals surface area contributed by atoms with Gasteiger partial charge in [0.2, 0.25) is 0 Å². The number of hydrogen-bond donors (Lipinski definition) is 2. The Hall–Kier alpha value is -4.13. The van der Waals surface area contributed by atoms with Gasteiger partial charge in [-0.1, -0.05) is 24.3 Å². The Morgan fingerprint density at radius 1 is 0.966 bits per heavy atom. The van der Waals surface area contributed by atoms with E-state index in [1.54, 1.807) is 48.5 Å². The second kappa shape index (κ2) is 7.47. The van der Waals surface area contributed by atoms with Crippen LogP contribution in [0.3, 0.4) is 0 Å². The molecule has 0 aromatic heterocycles. The van der Waals surface area contributed by atoms with Gasteiger partial charge in [-0.2, -0.15) is 0 Å². The van der Waals surface area contributed by atoms with Crippen molar-refractivity contribution < 1.29 is 23.9 Å². The zero-order valence-electron chi connectivity index (χ0n) is 15.4. The van der Waals surface area contributed by atoms with Crippen LogP contribution in [0.2, 0.25) is 0 Å². The molecule has 0 fully saturated rings. The zero-order chi connectivity index (χ0) is 20.4. The minimum atomic E-state index is -0.524. The lowest BCUT2D eigenvalue weighted by atomic mass is 10.1. The third kappa shape index (κ3) is 3.79. The highest BCUT2D eigenvalue weighted by Gasteiger charge is 2.22. The van der Waals surface area contributed by atoms with Crippen molar-refractivity contribution >= 4 is 29.2 Å². The highest BCUT2D eigenvalue weighted by molar-refractivity contribution is 6.10. The second-order valence-corrected chi connectivity index (χ2v) is 6.31. The minimum Gasteiger partial charge on any atom is -0.454 e. The summed E-state index contributed by atoms with van der Waals surface area (Å²) in [6.07, 6.45) is 0. The normalized spacial score (nSPS) is 11.8. The van der Waals surface area contributed by atoms with Crippen LogP contribution >= 0.6 is 0 Å². The molecule has 0 aliphatic carbocycles. The number of rotatable bonds is 3. The Balaban J connectivity index is 1.61. The van der Waals surface area contributed by atoms with Crippen LogP contribution in [-0.4, -0.2) is 17.8 Å². The van der Waals surface area contributed by atoms with E-state index in [9.17, 15) is 14.4 Å². The Morgan fingerprint density at radius 3 is 2.55 bits per heavy atom. The topological polar surface area (TPSA) is 93.7 Å². The second-order valence-electron chi connectivity index (χ2n) is 6.31. The molecule has 2 N–H and O–H groups in total. The summed E-state index contributed by atoms with van der Waals surface area (Å²) in [5, 5.41) is 5.51. The summed E-state index contributed by atoms with van der Waals surface area (Å²) in [7, 11) is 0. The molecule has 3 aromatic carbocycles. The molecule has 144 valence electrons. The number of carbonyl (C=O) groups excluding carboxylic acids is 3. The van der Waals surface area contributed by atoms with Crippen LogP contribution in [0.4, 0.5) is 11.4 Å². The van der Waals surface area contributed by atoms with Crippen molar-refractivity contribution in [1.29, 1.82) is 0 Å². The number of fused-ring (bicyclic) bond motifs is 2. The van der Waals surface area contributed by atoms with Crippen molar-refractivity contribution in [1.82, 2.24) is 0 Å². The predicted molar refractivity (Wildman–Crippen MR) is 107 cm³/mol. The third-order valence-corrected chi connectivity index (χ3v) is 4.22. The Morgan fingerprint density at radius 2 is 1.72 bits per heavy atom. The van der Waals surface area contributed by atoms with E-state index in [1.807, 2.05) is 6.07 Å². The molecule has 2 amide bonds. The van der Waals surface area contributed by atoms with Crippen LogP contribution in [-0.2, 0) is 4.79 Å². The van der Waals surface area contributed by atoms with E-state index >= 15 is 0 Å². The summed E-state index contributed by atoms with van der Waals surface area (Å²) >= 11 is 0. The average Bonchev–Trinajstić information content (AvgIpc) is 2.83. The molecule has 0 spiro atoms. The first-order valence-corrected chi connectivity index (χ1v) is 8.82. The summed E-state index contributed by atoms with van der Waals surface area (Å²) in [4.78, 5) is 36.5. The molecule has 0 unspecified atom stereocenters. The SMILES string of the molecule is CC(=O)Oc1ccccc1C(=O)Nc1ccc2c(c1)C(=O)Nc1ccccc1O2. The summed E-state index contributed by atoms with van der Waals surface area (Å²) < 4.78 is 10.9. The molecule has 7 nitrogen and oxygen atoms in total. The Labute approximate surface area is 166 Å². The number of ether oxygens (including phenoxy) is 2. The standard InChI is InChI=1S/C22H16N2O5/c1-13(25)28-18-8-4-2-6-15(18)21(26)23-14-10-11-19-16(12-14)22(27)24-17-7-3-5-9-20(17)29-19/h2-12H,1H3,(H,23,26)(H,24,27). The summed E-state index contributed by atoms with van der Waals surface area (Å²) in [5.41, 5.74) is 1.45. The molecule has 0 saturated heterocycles. The van der Waals surface area contributed by atoms with Crippen LogP contribution in [0.15, 0.2) is 66.7 Å². The fourth-order valence-electron chi connectivity index (χ4n) is 2.94. The highest BCUT2D eigenvalue weighted by atomic mass is 16.5. The summed E-state index contributed by atoms with van der Waals surface area (Å²) in [5.74, 6) is -0.272. The molecule has 29 heavy (non-hydrogen) atoms. The van der Waals surface area contributed by atoms with E-state index in [0.29, 0.717) is 22.9 Å². The minimum absolute atomic E-state index is 0.156. The van der Waals surface area contributed by atoms with Gasteiger partial charge < -0.3 is 20.1 Å². The summed E-state index contributed by atoms with van der Waals surface area (Å²) in [6.45, 7) is 1.26. The number of anilines is 2. The van der Waals surface area contributed by atoms with Gasteiger partial charge in [0.05, 0.1) is 16.8 Å². The molecule has 1 heterocycles. The number of hydrogen-bond acceptors (Lipinski definition) is 5. The predicted octanol–water partition coefficient (Wildman–Crippen LogP) is 4.22. The van der Waals surface area contributed by atoms with Gasteiger partial charge in [-0.25, -0.2) is 0 Å². The molecule has 0 radical (unpaired) electrons. The van der Waals surface area contributed by atoms with Crippen LogP contribution in [0.1, 0.15) is 27.6 Å². The lowest BCUT2D eigenvalue weighted by Crippen LogP contribution is -2.16. The van der Waals surface area contributed by atoms with Crippen molar-refractivity contribution in [3.8, 4) is 17.2 Å². The Kier molecular flexibility index (Phi) is 4.70. The van der Waals surface area contributed by atoms with Crippen LogP contribution in [0, 0.1) is 0 Å². The van der Waals surface area contributed by atoms with Gasteiger partial charge in [0, 0.05) is 12.6 Å². The van der Waals surface area contributed by atoms with Crippen molar-refractivity contribution in [3.63, 3.8) is 0 Å². The van der Waals surface area contributed by atoms with Crippen LogP contribution < -0.4 is 20.1 Å². The van der Waals surface area contributed by atoms with Gasteiger partial charge in [-0.15, -0.1) is 0 Å². The quantitative estimate of drug-likeness (QED) is 0.517. The number of nitrogens with one attached hydrogen (secondary N) is 2. The maximum atomic E-state index is 12.7. The molecule has 1 aliphatic rings. The first kappa shape index (κ1) is 18.2. The molecule has 4 rings (SSSR count). The molecular weight excluding hydrogens is 372 g/mol. The highest BCUT2D eigenvalue weighted by Crippen LogP contribution is 2.36. The molecule has 0 saturated carbocycles. The van der Waals surface area contributed by atoms with E-state index in [0.717, 1.165) is 0 Å². The first-order valence-electron chi connectivity index (χ1n) is 8.82. The van der Waals surface area contributed by atoms with Gasteiger partial charge in [-0.05, 0) is 42.5 Å². The van der Waals surface area contributed by atoms with Crippen molar-refractivity contribution in [2.24, 2.45) is 0 Å². The van der Waals surface area contributed by atoms with Crippen LogP contribution in [0.25, 0.3) is 0 Å². The van der Waals surface area contributed by atoms with Gasteiger partial charge in [0.15, 0.2) is 5.75 Å². The molecule has 0 bridgehead atoms. The Bertz CT molecular complexity index is 1140. The van der Waals surface area contributed by atoms with Gasteiger partial charge in [0.1, 0.15) is 11.5 Å². The number of para-hydroxylation sites is 3. The number of amides is 2. The zero-order valence-corrected chi connectivity index (χ0v) is 15.4. The lowest BCUT2D eigenvalue weighted by molar-refractivity contribution is -0.131. The maximum Gasteiger partial charge on any atom is 0.308 e. The smallest absolute Gasteiger partial charge is 0.308 e. The van der Waals surface area contributed by atoms with E-state index < -0.39 is 11.9 Å². The first-order chi connectivity index (χ1) is 14.0. The average molecular weight is 388 g/mol. The van der Waals surface area contributed by atoms with E-state index in [-0.39, 0.29) is 22.8 Å². The summed E-state index contributed by atoms with van der Waals surface area (Å²) in [6, 6.07) is 18.3. The molecule has 1 aliphatic heterocycles. The van der Waals surface area contributed by atoms with E-state index in [4.69, 9.17) is 9.47 Å². The fourth-order valence-corrected chi connectivity index (χ4v) is 2.94. The van der Waals surface area contributed by atoms with Crippen molar-refractivity contribution in [2.75, 3.05) is 10.6 Å². The van der Waals surface area contributed by atoms with E-state index in [1.165, 1.54) is 19.1 Å². The molecular formula is C22H16N2O5. The van der Waals surface area contributed by atoms with Crippen LogP contribution in [0.5, 0.6) is 17.2 Å².